The molecule has 1 aliphatic rings. The van der Waals surface area contributed by atoms with Crippen molar-refractivity contribution in [2.45, 2.75) is 32.3 Å². The Hall–Kier alpha value is -1.78. The van der Waals surface area contributed by atoms with Crippen molar-refractivity contribution in [3.05, 3.63) is 52.3 Å². The molecule has 0 spiro atoms. The van der Waals surface area contributed by atoms with E-state index in [-0.39, 0.29) is 0 Å². The van der Waals surface area contributed by atoms with E-state index < -0.39 is 6.10 Å². The number of aromatic nitrogens is 1. The molecule has 0 bridgehead atoms. The Labute approximate surface area is 147 Å². The zero-order valence-corrected chi connectivity index (χ0v) is 14.7. The SMILES string of the molecule is COc1ccc(C(O)Cc2c(C)cncc2Cl)cc1OCC1CC1. The Kier molecular flexibility index (Phi) is 5.27. The molecular formula is C19H22ClNO3. The highest BCUT2D eigenvalue weighted by atomic mass is 35.5. The minimum atomic E-state index is -0.669. The molecular weight excluding hydrogens is 326 g/mol. The average molecular weight is 348 g/mol. The average Bonchev–Trinajstić information content (AvgIpc) is 3.40. The smallest absolute Gasteiger partial charge is 0.161 e. The lowest BCUT2D eigenvalue weighted by molar-refractivity contribution is 0.177. The molecule has 0 radical (unpaired) electrons. The first-order valence-corrected chi connectivity index (χ1v) is 8.54. The number of methoxy groups -OCH3 is 1. The Morgan fingerprint density at radius 1 is 1.29 bits per heavy atom. The maximum absolute atomic E-state index is 10.6. The fourth-order valence-electron chi connectivity index (χ4n) is 2.63. The van der Waals surface area contributed by atoms with Crippen LogP contribution in [0.5, 0.6) is 11.5 Å². The molecule has 0 amide bonds. The molecule has 0 saturated heterocycles. The molecule has 0 aliphatic heterocycles. The third-order valence-corrected chi connectivity index (χ3v) is 4.69. The molecule has 3 rings (SSSR count). The van der Waals surface area contributed by atoms with Gasteiger partial charge in [0.15, 0.2) is 11.5 Å². The molecule has 1 saturated carbocycles. The first-order chi connectivity index (χ1) is 11.6. The van der Waals surface area contributed by atoms with Crippen LogP contribution in [0.2, 0.25) is 5.02 Å². The second-order valence-corrected chi connectivity index (χ2v) is 6.71. The topological polar surface area (TPSA) is 51.6 Å². The van der Waals surface area contributed by atoms with Crippen LogP contribution in [0.1, 0.15) is 35.6 Å². The van der Waals surface area contributed by atoms with Gasteiger partial charge in [-0.15, -0.1) is 0 Å². The van der Waals surface area contributed by atoms with Crippen LogP contribution in [0.4, 0.5) is 0 Å². The predicted molar refractivity (Wildman–Crippen MR) is 93.9 cm³/mol. The molecule has 1 atom stereocenters. The third kappa shape index (κ3) is 4.00. The van der Waals surface area contributed by atoms with Gasteiger partial charge in [-0.3, -0.25) is 4.98 Å². The van der Waals surface area contributed by atoms with Crippen LogP contribution >= 0.6 is 11.6 Å². The molecule has 1 aromatic carbocycles. The summed E-state index contributed by atoms with van der Waals surface area (Å²) in [6.45, 7) is 2.64. The number of aliphatic hydroxyl groups excluding tert-OH is 1. The second-order valence-electron chi connectivity index (χ2n) is 6.30. The quantitative estimate of drug-likeness (QED) is 0.818. The number of aliphatic hydroxyl groups is 1. The zero-order chi connectivity index (χ0) is 17.1. The van der Waals surface area contributed by atoms with Gasteiger partial charge < -0.3 is 14.6 Å². The molecule has 1 aliphatic carbocycles. The van der Waals surface area contributed by atoms with Gasteiger partial charge in [-0.2, -0.15) is 0 Å². The summed E-state index contributed by atoms with van der Waals surface area (Å²) in [5.74, 6) is 2.02. The lowest BCUT2D eigenvalue weighted by Crippen LogP contribution is -2.06. The summed E-state index contributed by atoms with van der Waals surface area (Å²) in [6.07, 6.45) is 5.58. The van der Waals surface area contributed by atoms with Gasteiger partial charge >= 0.3 is 0 Å². The van der Waals surface area contributed by atoms with Crippen molar-refractivity contribution in [2.24, 2.45) is 5.92 Å². The summed E-state index contributed by atoms with van der Waals surface area (Å²) in [7, 11) is 1.62. The van der Waals surface area contributed by atoms with Crippen LogP contribution < -0.4 is 9.47 Å². The molecule has 24 heavy (non-hydrogen) atoms. The van der Waals surface area contributed by atoms with Gasteiger partial charge in [-0.25, -0.2) is 0 Å². The molecule has 5 heteroatoms. The van der Waals surface area contributed by atoms with Gasteiger partial charge in [-0.05, 0) is 54.5 Å². The van der Waals surface area contributed by atoms with E-state index in [1.165, 1.54) is 12.8 Å². The van der Waals surface area contributed by atoms with Crippen LogP contribution in [0.15, 0.2) is 30.6 Å². The monoisotopic (exact) mass is 347 g/mol. The molecule has 1 unspecified atom stereocenters. The van der Waals surface area contributed by atoms with E-state index in [0.29, 0.717) is 35.5 Å². The van der Waals surface area contributed by atoms with Crippen molar-refractivity contribution in [3.8, 4) is 11.5 Å². The summed E-state index contributed by atoms with van der Waals surface area (Å²) in [5.41, 5.74) is 2.67. The first kappa shape index (κ1) is 17.1. The van der Waals surface area contributed by atoms with Crippen molar-refractivity contribution in [1.29, 1.82) is 0 Å². The van der Waals surface area contributed by atoms with Gasteiger partial charge in [0, 0.05) is 18.8 Å². The summed E-state index contributed by atoms with van der Waals surface area (Å²) in [4.78, 5) is 4.06. The molecule has 128 valence electrons. The van der Waals surface area contributed by atoms with Crippen LogP contribution in [-0.2, 0) is 6.42 Å². The van der Waals surface area contributed by atoms with Crippen molar-refractivity contribution in [3.63, 3.8) is 0 Å². The van der Waals surface area contributed by atoms with Gasteiger partial charge in [-0.1, -0.05) is 17.7 Å². The van der Waals surface area contributed by atoms with Crippen molar-refractivity contribution < 1.29 is 14.6 Å². The number of nitrogens with zero attached hydrogens (tertiary/aromatic N) is 1. The van der Waals surface area contributed by atoms with E-state index in [0.717, 1.165) is 16.7 Å². The molecule has 4 nitrogen and oxygen atoms in total. The highest BCUT2D eigenvalue weighted by molar-refractivity contribution is 6.31. The van der Waals surface area contributed by atoms with E-state index in [9.17, 15) is 5.11 Å². The minimum absolute atomic E-state index is 0.432. The standard InChI is InChI=1S/C19H22ClNO3/c1-12-9-21-10-16(20)15(12)8-17(22)14-5-6-18(23-2)19(7-14)24-11-13-3-4-13/h5-7,9-10,13,17,22H,3-4,8,11H2,1-2H3. The van der Waals surface area contributed by atoms with E-state index >= 15 is 0 Å². The van der Waals surface area contributed by atoms with E-state index in [4.69, 9.17) is 21.1 Å². The zero-order valence-electron chi connectivity index (χ0n) is 14.0. The first-order valence-electron chi connectivity index (χ1n) is 8.16. The number of hydrogen-bond acceptors (Lipinski definition) is 4. The molecule has 1 heterocycles. The van der Waals surface area contributed by atoms with Crippen LogP contribution in [0, 0.1) is 12.8 Å². The van der Waals surface area contributed by atoms with E-state index in [1.807, 2.05) is 25.1 Å². The second kappa shape index (κ2) is 7.41. The summed E-state index contributed by atoms with van der Waals surface area (Å²) in [6, 6.07) is 5.55. The van der Waals surface area contributed by atoms with Crippen LogP contribution in [0.25, 0.3) is 0 Å². The van der Waals surface area contributed by atoms with Crippen molar-refractivity contribution in [1.82, 2.24) is 4.98 Å². The minimum Gasteiger partial charge on any atom is -0.493 e. The Morgan fingerprint density at radius 2 is 2.08 bits per heavy atom. The van der Waals surface area contributed by atoms with Gasteiger partial charge in [0.2, 0.25) is 0 Å². The van der Waals surface area contributed by atoms with Gasteiger partial charge in [0.1, 0.15) is 0 Å². The summed E-state index contributed by atoms with van der Waals surface area (Å²) in [5, 5.41) is 11.2. The van der Waals surface area contributed by atoms with E-state index in [1.54, 1.807) is 19.5 Å². The third-order valence-electron chi connectivity index (χ3n) is 4.36. The largest absolute Gasteiger partial charge is 0.493 e. The van der Waals surface area contributed by atoms with E-state index in [2.05, 4.69) is 4.98 Å². The fraction of sp³-hybridized carbons (Fsp3) is 0.421. The molecule has 2 aromatic rings. The number of ether oxygens (including phenoxy) is 2. The number of pyridine rings is 1. The summed E-state index contributed by atoms with van der Waals surface area (Å²) < 4.78 is 11.2. The lowest BCUT2D eigenvalue weighted by Gasteiger charge is -2.17. The number of rotatable bonds is 7. The van der Waals surface area contributed by atoms with Gasteiger partial charge in [0.05, 0.1) is 24.8 Å². The van der Waals surface area contributed by atoms with Crippen LogP contribution in [-0.4, -0.2) is 23.8 Å². The van der Waals surface area contributed by atoms with Crippen molar-refractivity contribution >= 4 is 11.6 Å². The lowest BCUT2D eigenvalue weighted by atomic mass is 9.99. The maximum atomic E-state index is 10.6. The Bertz CT molecular complexity index is 696. The normalized spacial score (nSPS) is 15.2. The number of halogens is 1. The number of hydrogen-bond donors (Lipinski definition) is 1. The van der Waals surface area contributed by atoms with Crippen molar-refractivity contribution in [2.75, 3.05) is 13.7 Å². The number of aryl methyl sites for hydroxylation is 1. The Morgan fingerprint density at radius 3 is 2.75 bits per heavy atom. The van der Waals surface area contributed by atoms with Crippen LogP contribution in [0.3, 0.4) is 0 Å². The number of benzene rings is 1. The maximum Gasteiger partial charge on any atom is 0.161 e. The molecule has 1 fully saturated rings. The summed E-state index contributed by atoms with van der Waals surface area (Å²) >= 11 is 6.21. The predicted octanol–water partition coefficient (Wildman–Crippen LogP) is 4.12. The highest BCUT2D eigenvalue weighted by Crippen LogP contribution is 2.35. The highest BCUT2D eigenvalue weighted by Gasteiger charge is 2.23. The molecule has 1 aromatic heterocycles. The fourth-order valence-corrected chi connectivity index (χ4v) is 2.92. The Balaban J connectivity index is 1.78. The molecule has 1 N–H and O–H groups in total. The van der Waals surface area contributed by atoms with Gasteiger partial charge in [0.25, 0.3) is 0 Å².